The van der Waals surface area contributed by atoms with Crippen LogP contribution in [0.1, 0.15) is 16.1 Å². The van der Waals surface area contributed by atoms with Crippen LogP contribution in [0.25, 0.3) is 16.9 Å². The Hall–Kier alpha value is -4.00. The number of nitrogens with zero attached hydrogens (tertiary/aromatic N) is 2. The van der Waals surface area contributed by atoms with Crippen molar-refractivity contribution in [2.75, 3.05) is 13.9 Å². The molecule has 0 fully saturated rings. The number of methoxy groups -OCH3 is 1. The fourth-order valence-corrected chi connectivity index (χ4v) is 3.49. The molecule has 0 radical (unpaired) electrons. The van der Waals surface area contributed by atoms with Crippen molar-refractivity contribution < 1.29 is 19.0 Å². The molecule has 0 saturated heterocycles. The first-order valence-electron chi connectivity index (χ1n) is 9.51. The molecule has 2 aromatic heterocycles. The molecule has 30 heavy (non-hydrogen) atoms. The number of amides is 1. The van der Waals surface area contributed by atoms with E-state index in [-0.39, 0.29) is 12.7 Å². The molecule has 7 nitrogen and oxygen atoms in total. The van der Waals surface area contributed by atoms with E-state index in [9.17, 15) is 4.79 Å². The molecular weight excluding hydrogens is 382 g/mol. The second-order valence-corrected chi connectivity index (χ2v) is 6.82. The third kappa shape index (κ3) is 3.20. The lowest BCUT2D eigenvalue weighted by Gasteiger charge is -2.09. The maximum Gasteiger partial charge on any atom is 0.251 e. The molecule has 0 unspecified atom stereocenters. The van der Waals surface area contributed by atoms with E-state index in [4.69, 9.17) is 19.2 Å². The van der Waals surface area contributed by atoms with E-state index in [0.29, 0.717) is 29.4 Å². The number of hydrogen-bond donors (Lipinski definition) is 1. The summed E-state index contributed by atoms with van der Waals surface area (Å²) >= 11 is 0. The largest absolute Gasteiger partial charge is 0.495 e. The van der Waals surface area contributed by atoms with E-state index < -0.39 is 0 Å². The third-order valence-corrected chi connectivity index (χ3v) is 5.02. The van der Waals surface area contributed by atoms with Gasteiger partial charge in [0.15, 0.2) is 11.5 Å². The molecule has 2 aromatic carbocycles. The number of benzene rings is 2. The Labute approximate surface area is 172 Å². The second kappa shape index (κ2) is 7.44. The number of fused-ring (bicyclic) bond motifs is 2. The van der Waals surface area contributed by atoms with Gasteiger partial charge in [0.2, 0.25) is 6.79 Å². The molecule has 1 aliphatic rings. The lowest BCUT2D eigenvalue weighted by molar-refractivity contribution is 0.0950. The van der Waals surface area contributed by atoms with Crippen molar-refractivity contribution in [1.82, 2.24) is 14.7 Å². The molecule has 0 spiro atoms. The number of rotatable bonds is 5. The summed E-state index contributed by atoms with van der Waals surface area (Å²) in [4.78, 5) is 17.4. The van der Waals surface area contributed by atoms with Crippen molar-refractivity contribution in [1.29, 1.82) is 0 Å². The van der Waals surface area contributed by atoms with E-state index >= 15 is 0 Å². The highest BCUT2D eigenvalue weighted by atomic mass is 16.7. The Morgan fingerprint density at radius 1 is 1.10 bits per heavy atom. The van der Waals surface area contributed by atoms with Gasteiger partial charge in [-0.05, 0) is 42.5 Å². The summed E-state index contributed by atoms with van der Waals surface area (Å²) in [5.74, 6) is 1.95. The highest BCUT2D eigenvalue weighted by Crippen LogP contribution is 2.37. The van der Waals surface area contributed by atoms with Crippen molar-refractivity contribution in [2.45, 2.75) is 6.54 Å². The average molecular weight is 401 g/mol. The summed E-state index contributed by atoms with van der Waals surface area (Å²) in [6.45, 7) is 0.507. The summed E-state index contributed by atoms with van der Waals surface area (Å²) in [7, 11) is 1.62. The summed E-state index contributed by atoms with van der Waals surface area (Å²) < 4.78 is 18.2. The summed E-state index contributed by atoms with van der Waals surface area (Å²) in [6, 6.07) is 18.6. The van der Waals surface area contributed by atoms with Gasteiger partial charge in [-0.1, -0.05) is 18.2 Å². The van der Waals surface area contributed by atoms with E-state index in [1.54, 1.807) is 19.2 Å². The predicted octanol–water partition coefficient (Wildman–Crippen LogP) is 3.67. The molecule has 0 saturated carbocycles. The number of nitrogens with one attached hydrogen (secondary N) is 1. The minimum Gasteiger partial charge on any atom is -0.495 e. The number of carbonyl (C=O) groups excluding carboxylic acids is 1. The number of pyridine rings is 1. The topological polar surface area (TPSA) is 74.1 Å². The highest BCUT2D eigenvalue weighted by Gasteiger charge is 2.19. The van der Waals surface area contributed by atoms with Crippen molar-refractivity contribution in [3.8, 4) is 28.5 Å². The fraction of sp³-hybridized carbons (Fsp3) is 0.130. The first kappa shape index (κ1) is 18.1. The Balaban J connectivity index is 1.55. The summed E-state index contributed by atoms with van der Waals surface area (Å²) in [5.41, 5.74) is 3.84. The van der Waals surface area contributed by atoms with Gasteiger partial charge in [-0.2, -0.15) is 0 Å². The van der Waals surface area contributed by atoms with Gasteiger partial charge in [-0.25, -0.2) is 4.98 Å². The van der Waals surface area contributed by atoms with Crippen molar-refractivity contribution >= 4 is 11.6 Å². The molecule has 1 N–H and O–H groups in total. The van der Waals surface area contributed by atoms with Crippen LogP contribution in [0.2, 0.25) is 0 Å². The molecule has 3 heterocycles. The SMILES string of the molecule is COc1ccc2nc(-c3ccc4c(c3)OCO4)c(CNC(=O)c3ccccc3)n2c1. The maximum atomic E-state index is 12.6. The van der Waals surface area contributed by atoms with Crippen LogP contribution in [0.15, 0.2) is 66.9 Å². The van der Waals surface area contributed by atoms with Gasteiger partial charge in [0.1, 0.15) is 11.4 Å². The first-order chi connectivity index (χ1) is 14.7. The van der Waals surface area contributed by atoms with E-state index in [2.05, 4.69) is 5.32 Å². The molecule has 0 aliphatic carbocycles. The Bertz CT molecular complexity index is 1230. The molecular formula is C23H19N3O4. The number of ether oxygens (including phenoxy) is 3. The minimum atomic E-state index is -0.148. The van der Waals surface area contributed by atoms with Gasteiger partial charge >= 0.3 is 0 Å². The molecule has 1 amide bonds. The molecule has 0 atom stereocenters. The standard InChI is InChI=1S/C23H19N3O4/c1-28-17-8-10-21-25-22(16-7-9-19-20(11-16)30-14-29-19)18(26(21)13-17)12-24-23(27)15-5-3-2-4-6-15/h2-11,13H,12,14H2,1H3,(H,24,27). The van der Waals surface area contributed by atoms with Crippen LogP contribution in [0, 0.1) is 0 Å². The molecule has 7 heteroatoms. The summed E-state index contributed by atoms with van der Waals surface area (Å²) in [5, 5.41) is 3.00. The Kier molecular flexibility index (Phi) is 4.48. The van der Waals surface area contributed by atoms with Gasteiger partial charge in [0, 0.05) is 11.1 Å². The number of aromatic nitrogens is 2. The van der Waals surface area contributed by atoms with Crippen LogP contribution in [-0.4, -0.2) is 29.2 Å². The van der Waals surface area contributed by atoms with Gasteiger partial charge < -0.3 is 19.5 Å². The van der Waals surface area contributed by atoms with Crippen LogP contribution in [0.5, 0.6) is 17.2 Å². The smallest absolute Gasteiger partial charge is 0.251 e. The van der Waals surface area contributed by atoms with Gasteiger partial charge in [0.05, 0.1) is 31.2 Å². The van der Waals surface area contributed by atoms with Crippen molar-refractivity contribution in [3.63, 3.8) is 0 Å². The van der Waals surface area contributed by atoms with Crippen molar-refractivity contribution in [3.05, 3.63) is 78.1 Å². The number of hydrogen-bond acceptors (Lipinski definition) is 5. The average Bonchev–Trinajstić information content (AvgIpc) is 3.41. The van der Waals surface area contributed by atoms with Crippen LogP contribution < -0.4 is 19.5 Å². The summed E-state index contributed by atoms with van der Waals surface area (Å²) in [6.07, 6.45) is 1.86. The third-order valence-electron chi connectivity index (χ3n) is 5.02. The first-order valence-corrected chi connectivity index (χ1v) is 9.51. The minimum absolute atomic E-state index is 0.148. The van der Waals surface area contributed by atoms with E-state index in [1.807, 2.05) is 59.1 Å². The van der Waals surface area contributed by atoms with Crippen LogP contribution in [0.4, 0.5) is 0 Å². The number of carbonyl (C=O) groups is 1. The fourth-order valence-electron chi connectivity index (χ4n) is 3.49. The Morgan fingerprint density at radius 3 is 2.77 bits per heavy atom. The normalized spacial score (nSPS) is 12.2. The molecule has 150 valence electrons. The van der Waals surface area contributed by atoms with Gasteiger partial charge in [-0.15, -0.1) is 0 Å². The lowest BCUT2D eigenvalue weighted by Crippen LogP contribution is -2.23. The van der Waals surface area contributed by atoms with E-state index in [0.717, 1.165) is 22.6 Å². The zero-order valence-electron chi connectivity index (χ0n) is 16.3. The zero-order chi connectivity index (χ0) is 20.5. The lowest BCUT2D eigenvalue weighted by atomic mass is 10.1. The predicted molar refractivity (Wildman–Crippen MR) is 111 cm³/mol. The van der Waals surface area contributed by atoms with Crippen LogP contribution >= 0.6 is 0 Å². The van der Waals surface area contributed by atoms with Gasteiger partial charge in [-0.3, -0.25) is 9.20 Å². The highest BCUT2D eigenvalue weighted by molar-refractivity contribution is 5.94. The maximum absolute atomic E-state index is 12.6. The molecule has 4 aromatic rings. The zero-order valence-corrected chi connectivity index (χ0v) is 16.3. The van der Waals surface area contributed by atoms with Crippen LogP contribution in [0.3, 0.4) is 0 Å². The van der Waals surface area contributed by atoms with Crippen LogP contribution in [-0.2, 0) is 6.54 Å². The van der Waals surface area contributed by atoms with Gasteiger partial charge in [0.25, 0.3) is 5.91 Å². The second-order valence-electron chi connectivity index (χ2n) is 6.82. The quantitative estimate of drug-likeness (QED) is 0.552. The molecule has 5 rings (SSSR count). The monoisotopic (exact) mass is 401 g/mol. The van der Waals surface area contributed by atoms with E-state index in [1.165, 1.54) is 0 Å². The van der Waals surface area contributed by atoms with Crippen molar-refractivity contribution in [2.24, 2.45) is 0 Å². The number of imidazole rings is 1. The molecule has 0 bridgehead atoms. The molecule has 1 aliphatic heterocycles. The Morgan fingerprint density at radius 2 is 1.93 bits per heavy atom.